The molecule has 1 atom stereocenters. The second-order valence-corrected chi connectivity index (χ2v) is 6.15. The maximum absolute atomic E-state index is 12.0. The molecule has 0 aliphatic carbocycles. The summed E-state index contributed by atoms with van der Waals surface area (Å²) in [4.78, 5) is 13.8. The molecule has 0 fully saturated rings. The summed E-state index contributed by atoms with van der Waals surface area (Å²) in [6, 6.07) is 6.19. The van der Waals surface area contributed by atoms with E-state index in [2.05, 4.69) is 12.1 Å². The average molecular weight is 262 g/mol. The highest BCUT2D eigenvalue weighted by Gasteiger charge is 2.27. The molecule has 0 saturated heterocycles. The Kier molecular flexibility index (Phi) is 3.54. The molecule has 1 aromatic rings. The lowest BCUT2D eigenvalue weighted by molar-refractivity contribution is 0.0242. The number of rotatable bonds is 1. The van der Waals surface area contributed by atoms with Crippen LogP contribution in [0.15, 0.2) is 18.2 Å². The van der Waals surface area contributed by atoms with Gasteiger partial charge >= 0.3 is 6.09 Å². The quantitative estimate of drug-likeness (QED) is 0.846. The van der Waals surface area contributed by atoms with Crippen LogP contribution in [0.3, 0.4) is 0 Å². The monoisotopic (exact) mass is 262 g/mol. The maximum atomic E-state index is 12.0. The zero-order valence-corrected chi connectivity index (χ0v) is 12.1. The van der Waals surface area contributed by atoms with E-state index in [0.717, 1.165) is 5.56 Å². The Morgan fingerprint density at radius 2 is 1.95 bits per heavy atom. The van der Waals surface area contributed by atoms with Crippen LogP contribution < -0.4 is 5.73 Å². The van der Waals surface area contributed by atoms with E-state index in [-0.39, 0.29) is 12.1 Å². The van der Waals surface area contributed by atoms with Crippen molar-refractivity contribution in [3.63, 3.8) is 0 Å². The van der Waals surface area contributed by atoms with E-state index in [1.807, 2.05) is 33.8 Å². The summed E-state index contributed by atoms with van der Waals surface area (Å²) in [7, 11) is 0. The number of ether oxygens (including phenoxy) is 1. The van der Waals surface area contributed by atoms with Gasteiger partial charge in [0, 0.05) is 19.1 Å². The fourth-order valence-corrected chi connectivity index (χ4v) is 2.15. The molecule has 0 aromatic heterocycles. The number of nitrogens with two attached hydrogens (primary N) is 1. The Hall–Kier alpha value is -1.55. The van der Waals surface area contributed by atoms with Crippen molar-refractivity contribution in [1.82, 2.24) is 4.90 Å². The van der Waals surface area contributed by atoms with Gasteiger partial charge in [-0.15, -0.1) is 0 Å². The highest BCUT2D eigenvalue weighted by Crippen LogP contribution is 2.26. The molecule has 1 heterocycles. The summed E-state index contributed by atoms with van der Waals surface area (Å²) < 4.78 is 5.39. The Morgan fingerprint density at radius 1 is 1.32 bits per heavy atom. The van der Waals surface area contributed by atoms with Crippen LogP contribution in [0.5, 0.6) is 0 Å². The number of hydrogen-bond acceptors (Lipinski definition) is 3. The van der Waals surface area contributed by atoms with Crippen LogP contribution in [-0.2, 0) is 17.8 Å². The standard InChI is InChI=1S/C15H22N2O2/c1-10(16)11-5-6-12-8-17(9-13(12)7-11)14(18)19-15(2,3)4/h5-7,10H,8-9,16H2,1-4H3. The van der Waals surface area contributed by atoms with Crippen molar-refractivity contribution in [2.24, 2.45) is 5.73 Å². The largest absolute Gasteiger partial charge is 0.444 e. The van der Waals surface area contributed by atoms with Gasteiger partial charge in [0.25, 0.3) is 0 Å². The van der Waals surface area contributed by atoms with Gasteiger partial charge in [-0.25, -0.2) is 4.79 Å². The predicted molar refractivity (Wildman–Crippen MR) is 74.5 cm³/mol. The average Bonchev–Trinajstić information content (AvgIpc) is 2.68. The molecule has 0 radical (unpaired) electrons. The normalized spacial score (nSPS) is 16.2. The summed E-state index contributed by atoms with van der Waals surface area (Å²) in [5.41, 5.74) is 8.87. The van der Waals surface area contributed by atoms with Gasteiger partial charge in [-0.3, -0.25) is 4.90 Å². The molecule has 2 N–H and O–H groups in total. The zero-order chi connectivity index (χ0) is 14.2. The maximum Gasteiger partial charge on any atom is 0.410 e. The van der Waals surface area contributed by atoms with Crippen LogP contribution in [0.1, 0.15) is 50.4 Å². The topological polar surface area (TPSA) is 55.6 Å². The summed E-state index contributed by atoms with van der Waals surface area (Å²) in [6.07, 6.45) is -0.258. The van der Waals surface area contributed by atoms with E-state index in [1.54, 1.807) is 4.90 Å². The minimum absolute atomic E-state index is 0.0147. The van der Waals surface area contributed by atoms with Crippen molar-refractivity contribution in [1.29, 1.82) is 0 Å². The molecule has 1 aromatic carbocycles. The van der Waals surface area contributed by atoms with Crippen molar-refractivity contribution in [3.05, 3.63) is 34.9 Å². The number of fused-ring (bicyclic) bond motifs is 1. The highest BCUT2D eigenvalue weighted by molar-refractivity contribution is 5.69. The molecule has 0 saturated carbocycles. The lowest BCUT2D eigenvalue weighted by atomic mass is 10.0. The van der Waals surface area contributed by atoms with E-state index in [9.17, 15) is 4.79 Å². The van der Waals surface area contributed by atoms with Crippen molar-refractivity contribution < 1.29 is 9.53 Å². The number of nitrogens with zero attached hydrogens (tertiary/aromatic N) is 1. The first-order chi connectivity index (χ1) is 8.76. The van der Waals surface area contributed by atoms with Crippen molar-refractivity contribution in [2.45, 2.75) is 52.4 Å². The van der Waals surface area contributed by atoms with Crippen molar-refractivity contribution in [3.8, 4) is 0 Å². The van der Waals surface area contributed by atoms with Gasteiger partial charge in [0.2, 0.25) is 0 Å². The van der Waals surface area contributed by atoms with E-state index in [1.165, 1.54) is 11.1 Å². The Balaban J connectivity index is 2.10. The van der Waals surface area contributed by atoms with Crippen LogP contribution in [0.2, 0.25) is 0 Å². The molecule has 1 aliphatic rings. The first kappa shape index (κ1) is 13.9. The summed E-state index contributed by atoms with van der Waals surface area (Å²) in [6.45, 7) is 8.81. The molecule has 0 spiro atoms. The van der Waals surface area contributed by atoms with Crippen molar-refractivity contribution in [2.75, 3.05) is 0 Å². The lowest BCUT2D eigenvalue weighted by Crippen LogP contribution is -2.33. The van der Waals surface area contributed by atoms with Crippen LogP contribution in [0.25, 0.3) is 0 Å². The van der Waals surface area contributed by atoms with Crippen LogP contribution in [0, 0.1) is 0 Å². The van der Waals surface area contributed by atoms with E-state index < -0.39 is 5.60 Å². The Morgan fingerprint density at radius 3 is 2.53 bits per heavy atom. The molecular weight excluding hydrogens is 240 g/mol. The van der Waals surface area contributed by atoms with Gasteiger partial charge in [-0.1, -0.05) is 18.2 Å². The Bertz CT molecular complexity index is 489. The molecule has 1 amide bonds. The number of carbonyl (C=O) groups excluding carboxylic acids is 1. The molecule has 4 nitrogen and oxygen atoms in total. The van der Waals surface area contributed by atoms with E-state index >= 15 is 0 Å². The van der Waals surface area contributed by atoms with Crippen LogP contribution in [-0.4, -0.2) is 16.6 Å². The third kappa shape index (κ3) is 3.26. The molecule has 1 unspecified atom stereocenters. The van der Waals surface area contributed by atoms with Gasteiger partial charge < -0.3 is 10.5 Å². The van der Waals surface area contributed by atoms with Gasteiger partial charge in [-0.2, -0.15) is 0 Å². The van der Waals surface area contributed by atoms with Gasteiger partial charge in [-0.05, 0) is 44.4 Å². The smallest absolute Gasteiger partial charge is 0.410 e. The lowest BCUT2D eigenvalue weighted by Gasteiger charge is -2.24. The van der Waals surface area contributed by atoms with E-state index in [4.69, 9.17) is 10.5 Å². The minimum atomic E-state index is -0.456. The molecule has 4 heteroatoms. The van der Waals surface area contributed by atoms with Crippen LogP contribution >= 0.6 is 0 Å². The first-order valence-electron chi connectivity index (χ1n) is 6.61. The number of amides is 1. The molecular formula is C15H22N2O2. The molecule has 1 aliphatic heterocycles. The third-order valence-corrected chi connectivity index (χ3v) is 3.13. The summed E-state index contributed by atoms with van der Waals surface area (Å²) in [5, 5.41) is 0. The molecule has 104 valence electrons. The zero-order valence-electron chi connectivity index (χ0n) is 12.1. The molecule has 0 bridgehead atoms. The fraction of sp³-hybridized carbons (Fsp3) is 0.533. The predicted octanol–water partition coefficient (Wildman–Crippen LogP) is 2.96. The number of carbonyl (C=O) groups is 1. The number of benzene rings is 1. The molecule has 2 rings (SSSR count). The molecule has 19 heavy (non-hydrogen) atoms. The highest BCUT2D eigenvalue weighted by atomic mass is 16.6. The second kappa shape index (κ2) is 4.85. The SMILES string of the molecule is CC(N)c1ccc2c(c1)CN(C(=O)OC(C)(C)C)C2. The Labute approximate surface area is 114 Å². The number of hydrogen-bond donors (Lipinski definition) is 1. The van der Waals surface area contributed by atoms with E-state index in [0.29, 0.717) is 13.1 Å². The first-order valence-corrected chi connectivity index (χ1v) is 6.61. The van der Waals surface area contributed by atoms with Crippen LogP contribution in [0.4, 0.5) is 4.79 Å². The third-order valence-electron chi connectivity index (χ3n) is 3.13. The van der Waals surface area contributed by atoms with Gasteiger partial charge in [0.15, 0.2) is 0 Å². The second-order valence-electron chi connectivity index (χ2n) is 6.15. The summed E-state index contributed by atoms with van der Waals surface area (Å²) in [5.74, 6) is 0. The van der Waals surface area contributed by atoms with Crippen molar-refractivity contribution >= 4 is 6.09 Å². The van der Waals surface area contributed by atoms with Gasteiger partial charge in [0.1, 0.15) is 5.60 Å². The fourth-order valence-electron chi connectivity index (χ4n) is 2.15. The minimum Gasteiger partial charge on any atom is -0.444 e. The van der Waals surface area contributed by atoms with Gasteiger partial charge in [0.05, 0.1) is 0 Å². The summed E-state index contributed by atoms with van der Waals surface area (Å²) >= 11 is 0.